The molecule has 1 saturated heterocycles. The van der Waals surface area contributed by atoms with Crippen LogP contribution in [0.4, 0.5) is 10.5 Å². The lowest BCUT2D eigenvalue weighted by Crippen LogP contribution is -2.53. The van der Waals surface area contributed by atoms with Crippen molar-refractivity contribution in [2.24, 2.45) is 4.99 Å². The average Bonchev–Trinajstić information content (AvgIpc) is 3.32. The minimum atomic E-state index is -3.40. The van der Waals surface area contributed by atoms with Gasteiger partial charge in [0, 0.05) is 45.0 Å². The number of guanidine groups is 1. The minimum absolute atomic E-state index is 0.0195. The van der Waals surface area contributed by atoms with E-state index < -0.39 is 10.0 Å². The quantitative estimate of drug-likeness (QED) is 0.610. The Morgan fingerprint density at radius 2 is 1.69 bits per heavy atom. The lowest BCUT2D eigenvalue weighted by atomic mass is 10.2. The maximum absolute atomic E-state index is 12.7. The molecular formula is C22H28N6O3S. The fraction of sp³-hybridized carbons (Fsp3) is 0.364. The third-order valence-electron chi connectivity index (χ3n) is 5.45. The second-order valence-corrected chi connectivity index (χ2v) is 9.73. The van der Waals surface area contributed by atoms with Crippen molar-refractivity contribution in [1.82, 2.24) is 19.8 Å². The molecule has 0 spiro atoms. The van der Waals surface area contributed by atoms with E-state index in [9.17, 15) is 13.2 Å². The second kappa shape index (κ2) is 10.0. The number of nitrogens with one attached hydrogen (secondary N) is 3. The number of carbonyl (C=O) groups excluding carboxylic acids is 1. The third kappa shape index (κ3) is 5.77. The summed E-state index contributed by atoms with van der Waals surface area (Å²) in [5.74, 6) is 0.755. The Hall–Kier alpha value is -3.11. The summed E-state index contributed by atoms with van der Waals surface area (Å²) in [5.41, 5.74) is 2.68. The van der Waals surface area contributed by atoms with Crippen molar-refractivity contribution in [1.29, 1.82) is 0 Å². The van der Waals surface area contributed by atoms with Crippen LogP contribution >= 0.6 is 0 Å². The third-order valence-corrected chi connectivity index (χ3v) is 7.30. The molecule has 0 saturated carbocycles. The molecule has 0 unspecified atom stereocenters. The summed E-state index contributed by atoms with van der Waals surface area (Å²) in [4.78, 5) is 18.5. The number of piperazine rings is 1. The molecule has 0 atom stereocenters. The first kappa shape index (κ1) is 22.1. The predicted octanol–water partition coefficient (Wildman–Crippen LogP) is 1.41. The standard InChI is InChI=1S/C22H28N6O3S/c29-22(25-16-18-6-8-20(9-7-18)26-21-23-10-11-24-21)27-12-14-28(15-13-27)32(30,31)17-19-4-2-1-3-5-19/h1-9H,10-17H2,(H,25,29)(H2,23,24,26). The van der Waals surface area contributed by atoms with Crippen LogP contribution in [0.3, 0.4) is 0 Å². The van der Waals surface area contributed by atoms with Crippen LogP contribution in [0.15, 0.2) is 59.6 Å². The molecule has 2 amide bonds. The Labute approximate surface area is 188 Å². The van der Waals surface area contributed by atoms with Crippen LogP contribution < -0.4 is 16.0 Å². The van der Waals surface area contributed by atoms with Gasteiger partial charge in [-0.3, -0.25) is 4.99 Å². The highest BCUT2D eigenvalue weighted by Crippen LogP contribution is 2.14. The zero-order valence-corrected chi connectivity index (χ0v) is 18.6. The molecule has 9 nitrogen and oxygen atoms in total. The fourth-order valence-corrected chi connectivity index (χ4v) is 5.18. The topological polar surface area (TPSA) is 106 Å². The zero-order chi connectivity index (χ0) is 22.4. The highest BCUT2D eigenvalue weighted by molar-refractivity contribution is 7.88. The number of rotatable bonds is 6. The van der Waals surface area contributed by atoms with Gasteiger partial charge in [0.25, 0.3) is 0 Å². The summed E-state index contributed by atoms with van der Waals surface area (Å²) in [5, 5.41) is 9.28. The summed E-state index contributed by atoms with van der Waals surface area (Å²) in [6.07, 6.45) is 0. The number of nitrogens with zero attached hydrogens (tertiary/aromatic N) is 3. The normalized spacial score (nSPS) is 16.9. The van der Waals surface area contributed by atoms with Crippen molar-refractivity contribution < 1.29 is 13.2 Å². The molecule has 0 bridgehead atoms. The van der Waals surface area contributed by atoms with Gasteiger partial charge in [-0.2, -0.15) is 4.31 Å². The molecule has 2 aromatic rings. The van der Waals surface area contributed by atoms with Crippen LogP contribution in [0, 0.1) is 0 Å². The maximum atomic E-state index is 12.7. The molecule has 2 aromatic carbocycles. The lowest BCUT2D eigenvalue weighted by molar-refractivity contribution is 0.172. The first-order valence-corrected chi connectivity index (χ1v) is 12.3. The first-order valence-electron chi connectivity index (χ1n) is 10.7. The van der Waals surface area contributed by atoms with Crippen molar-refractivity contribution in [3.63, 3.8) is 0 Å². The van der Waals surface area contributed by atoms with Gasteiger partial charge in [-0.25, -0.2) is 13.2 Å². The molecule has 0 aliphatic carbocycles. The van der Waals surface area contributed by atoms with Gasteiger partial charge in [0.05, 0.1) is 12.3 Å². The van der Waals surface area contributed by atoms with E-state index in [-0.39, 0.29) is 11.8 Å². The van der Waals surface area contributed by atoms with Gasteiger partial charge in [-0.1, -0.05) is 42.5 Å². The second-order valence-electron chi connectivity index (χ2n) is 7.77. The smallest absolute Gasteiger partial charge is 0.317 e. The number of urea groups is 1. The number of amides is 2. The summed E-state index contributed by atoms with van der Waals surface area (Å²) >= 11 is 0. The van der Waals surface area contributed by atoms with E-state index in [1.54, 1.807) is 4.90 Å². The van der Waals surface area contributed by atoms with Crippen LogP contribution in [-0.4, -0.2) is 68.9 Å². The molecule has 10 heteroatoms. The SMILES string of the molecule is O=C(NCc1ccc(NC2=NCCN2)cc1)N1CCN(S(=O)(=O)Cc2ccccc2)CC1. The van der Waals surface area contributed by atoms with Gasteiger partial charge < -0.3 is 20.9 Å². The summed E-state index contributed by atoms with van der Waals surface area (Å²) < 4.78 is 26.8. The highest BCUT2D eigenvalue weighted by Gasteiger charge is 2.28. The highest BCUT2D eigenvalue weighted by atomic mass is 32.2. The van der Waals surface area contributed by atoms with E-state index in [2.05, 4.69) is 20.9 Å². The molecular weight excluding hydrogens is 428 g/mol. The Morgan fingerprint density at radius 1 is 0.969 bits per heavy atom. The lowest BCUT2D eigenvalue weighted by Gasteiger charge is -2.34. The van der Waals surface area contributed by atoms with Gasteiger partial charge >= 0.3 is 6.03 Å². The first-order chi connectivity index (χ1) is 15.5. The van der Waals surface area contributed by atoms with Crippen LogP contribution in [0.1, 0.15) is 11.1 Å². The van der Waals surface area contributed by atoms with Gasteiger partial charge in [0.2, 0.25) is 10.0 Å². The van der Waals surface area contributed by atoms with Gasteiger partial charge in [0.15, 0.2) is 5.96 Å². The van der Waals surface area contributed by atoms with Gasteiger partial charge in [-0.05, 0) is 23.3 Å². The summed E-state index contributed by atoms with van der Waals surface area (Å²) in [6.45, 7) is 3.39. The number of hydrogen-bond donors (Lipinski definition) is 3. The molecule has 2 aliphatic rings. The van der Waals surface area contributed by atoms with Crippen molar-refractivity contribution in [3.8, 4) is 0 Å². The van der Waals surface area contributed by atoms with E-state index >= 15 is 0 Å². The Balaban J connectivity index is 1.22. The molecule has 0 radical (unpaired) electrons. The Morgan fingerprint density at radius 3 is 2.34 bits per heavy atom. The van der Waals surface area contributed by atoms with Crippen LogP contribution in [0.25, 0.3) is 0 Å². The minimum Gasteiger partial charge on any atom is -0.354 e. The molecule has 4 rings (SSSR count). The van der Waals surface area contributed by atoms with E-state index in [0.29, 0.717) is 32.7 Å². The van der Waals surface area contributed by atoms with E-state index in [0.717, 1.165) is 35.9 Å². The maximum Gasteiger partial charge on any atom is 0.317 e. The number of aliphatic imine (C=N–C) groups is 1. The molecule has 170 valence electrons. The summed E-state index contributed by atoms with van der Waals surface area (Å²) in [7, 11) is -3.40. The molecule has 2 heterocycles. The molecule has 1 fully saturated rings. The van der Waals surface area contributed by atoms with E-state index in [1.165, 1.54) is 4.31 Å². The fourth-order valence-electron chi connectivity index (χ4n) is 3.66. The molecule has 0 aromatic heterocycles. The van der Waals surface area contributed by atoms with Gasteiger partial charge in [0.1, 0.15) is 0 Å². The number of sulfonamides is 1. The molecule has 3 N–H and O–H groups in total. The number of anilines is 1. The van der Waals surface area contributed by atoms with E-state index in [4.69, 9.17) is 0 Å². The summed E-state index contributed by atoms with van der Waals surface area (Å²) in [6, 6.07) is 16.8. The van der Waals surface area contributed by atoms with E-state index in [1.807, 2.05) is 54.6 Å². The Bertz CT molecular complexity index is 1050. The van der Waals surface area contributed by atoms with Gasteiger partial charge in [-0.15, -0.1) is 0 Å². The number of benzene rings is 2. The van der Waals surface area contributed by atoms with Crippen molar-refractivity contribution in [3.05, 3.63) is 65.7 Å². The molecule has 32 heavy (non-hydrogen) atoms. The largest absolute Gasteiger partial charge is 0.354 e. The van der Waals surface area contributed by atoms with Crippen molar-refractivity contribution in [2.75, 3.05) is 44.6 Å². The number of carbonyl (C=O) groups is 1. The van der Waals surface area contributed by atoms with Crippen molar-refractivity contribution >= 4 is 27.7 Å². The van der Waals surface area contributed by atoms with Crippen molar-refractivity contribution in [2.45, 2.75) is 12.3 Å². The van der Waals surface area contributed by atoms with Crippen LogP contribution in [-0.2, 0) is 22.3 Å². The molecule has 2 aliphatic heterocycles. The van der Waals surface area contributed by atoms with Crippen LogP contribution in [0.5, 0.6) is 0 Å². The zero-order valence-electron chi connectivity index (χ0n) is 17.8. The van der Waals surface area contributed by atoms with Crippen LogP contribution in [0.2, 0.25) is 0 Å². The predicted molar refractivity (Wildman–Crippen MR) is 125 cm³/mol. The number of hydrogen-bond acceptors (Lipinski definition) is 6. The monoisotopic (exact) mass is 456 g/mol. The Kier molecular flexibility index (Phi) is 6.91. The average molecular weight is 457 g/mol.